The van der Waals surface area contributed by atoms with Crippen LogP contribution in [0.2, 0.25) is 0 Å². The van der Waals surface area contributed by atoms with Crippen LogP contribution < -0.4 is 10.1 Å². The van der Waals surface area contributed by atoms with E-state index in [1.54, 1.807) is 7.05 Å². The van der Waals surface area contributed by atoms with Crippen molar-refractivity contribution >= 4 is 5.96 Å². The number of guanidine groups is 1. The minimum atomic E-state index is 0.137. The average Bonchev–Trinajstić information content (AvgIpc) is 3.18. The van der Waals surface area contributed by atoms with Crippen molar-refractivity contribution in [1.29, 1.82) is 0 Å². The van der Waals surface area contributed by atoms with Gasteiger partial charge in [0, 0.05) is 33.7 Å². The van der Waals surface area contributed by atoms with Crippen LogP contribution in [0.3, 0.4) is 0 Å². The zero-order chi connectivity index (χ0) is 20.5. The maximum Gasteiger partial charge on any atom is 0.193 e. The Morgan fingerprint density at radius 2 is 1.97 bits per heavy atom. The van der Waals surface area contributed by atoms with Gasteiger partial charge in [-0.2, -0.15) is 0 Å². The molecule has 1 aliphatic rings. The van der Waals surface area contributed by atoms with Crippen LogP contribution in [-0.2, 0) is 4.74 Å². The Kier molecular flexibility index (Phi) is 7.95. The lowest BCUT2D eigenvalue weighted by molar-refractivity contribution is 0.0123. The third-order valence-electron chi connectivity index (χ3n) is 5.04. The van der Waals surface area contributed by atoms with Crippen LogP contribution in [0.25, 0.3) is 0 Å². The van der Waals surface area contributed by atoms with E-state index in [-0.39, 0.29) is 6.04 Å². The first-order valence-corrected chi connectivity index (χ1v) is 10.1. The van der Waals surface area contributed by atoms with Gasteiger partial charge >= 0.3 is 0 Å². The predicted molar refractivity (Wildman–Crippen MR) is 115 cm³/mol. The Balaban J connectivity index is 1.54. The van der Waals surface area contributed by atoms with Crippen LogP contribution >= 0.6 is 0 Å². The molecule has 0 bridgehead atoms. The normalized spacial score (nSPS) is 16.4. The molecule has 1 fully saturated rings. The Morgan fingerprint density at radius 3 is 2.62 bits per heavy atom. The van der Waals surface area contributed by atoms with Crippen molar-refractivity contribution in [2.24, 2.45) is 4.99 Å². The van der Waals surface area contributed by atoms with Crippen molar-refractivity contribution in [3.8, 4) is 5.75 Å². The molecule has 1 aromatic carbocycles. The molecule has 3 rings (SSSR count). The molecule has 0 radical (unpaired) electrons. The zero-order valence-electron chi connectivity index (χ0n) is 17.6. The Labute approximate surface area is 173 Å². The van der Waals surface area contributed by atoms with E-state index in [1.165, 1.54) is 0 Å². The number of rotatable bonds is 8. The van der Waals surface area contributed by atoms with Gasteiger partial charge < -0.3 is 24.1 Å². The minimum Gasteiger partial charge on any atom is -0.492 e. The minimum absolute atomic E-state index is 0.137. The number of para-hydroxylation sites is 1. The highest BCUT2D eigenvalue weighted by Crippen LogP contribution is 2.23. The molecule has 29 heavy (non-hydrogen) atoms. The molecule has 0 amide bonds. The summed E-state index contributed by atoms with van der Waals surface area (Å²) in [6, 6.07) is 14.1. The third-order valence-corrected chi connectivity index (χ3v) is 5.04. The highest BCUT2D eigenvalue weighted by molar-refractivity contribution is 5.79. The fourth-order valence-corrected chi connectivity index (χ4v) is 3.43. The van der Waals surface area contributed by atoms with Crippen LogP contribution in [0.1, 0.15) is 17.6 Å². The van der Waals surface area contributed by atoms with Gasteiger partial charge in [0.05, 0.1) is 25.8 Å². The number of likely N-dealkylation sites (N-methyl/N-ethyl adjacent to an activating group) is 1. The van der Waals surface area contributed by atoms with Gasteiger partial charge in [-0.15, -0.1) is 0 Å². The molecule has 1 atom stereocenters. The lowest BCUT2D eigenvalue weighted by Crippen LogP contribution is -2.47. The monoisotopic (exact) mass is 400 g/mol. The molecule has 0 spiro atoms. The summed E-state index contributed by atoms with van der Waals surface area (Å²) in [6.07, 6.45) is 0. The summed E-state index contributed by atoms with van der Waals surface area (Å²) in [6.45, 7) is 7.30. The molecule has 0 aliphatic carbocycles. The second-order valence-corrected chi connectivity index (χ2v) is 7.12. The molecule has 158 valence electrons. The van der Waals surface area contributed by atoms with Crippen LogP contribution in [0.4, 0.5) is 0 Å². The molecule has 7 heteroatoms. The number of nitrogens with zero attached hydrogens (tertiary/aromatic N) is 3. The highest BCUT2D eigenvalue weighted by atomic mass is 16.5. The number of nitrogens with one attached hydrogen (secondary N) is 1. The van der Waals surface area contributed by atoms with Crippen molar-refractivity contribution in [2.45, 2.75) is 13.0 Å². The number of ether oxygens (including phenoxy) is 2. The number of aliphatic imine (C=N–C) groups is 1. The first-order valence-electron chi connectivity index (χ1n) is 10.1. The number of furan rings is 1. The number of aryl methyl sites for hydroxylation is 1. The first kappa shape index (κ1) is 21.2. The van der Waals surface area contributed by atoms with E-state index in [0.717, 1.165) is 56.1 Å². The van der Waals surface area contributed by atoms with E-state index in [2.05, 4.69) is 26.2 Å². The second-order valence-electron chi connectivity index (χ2n) is 7.12. The van der Waals surface area contributed by atoms with E-state index in [9.17, 15) is 0 Å². The molecule has 1 aromatic heterocycles. The van der Waals surface area contributed by atoms with Gasteiger partial charge in [0.1, 0.15) is 23.9 Å². The first-order chi connectivity index (χ1) is 14.2. The lowest BCUT2D eigenvalue weighted by atomic mass is 10.1. The maximum atomic E-state index is 5.94. The predicted octanol–water partition coefficient (Wildman–Crippen LogP) is 2.55. The van der Waals surface area contributed by atoms with Crippen LogP contribution in [0.5, 0.6) is 5.75 Å². The summed E-state index contributed by atoms with van der Waals surface area (Å²) in [5, 5.41) is 3.50. The highest BCUT2D eigenvalue weighted by Gasteiger charge is 2.25. The van der Waals surface area contributed by atoms with Crippen molar-refractivity contribution < 1.29 is 13.9 Å². The van der Waals surface area contributed by atoms with Gasteiger partial charge in [0.2, 0.25) is 0 Å². The lowest BCUT2D eigenvalue weighted by Gasteiger charge is -2.34. The summed E-state index contributed by atoms with van der Waals surface area (Å²) in [4.78, 5) is 8.91. The maximum absolute atomic E-state index is 5.94. The van der Waals surface area contributed by atoms with Crippen LogP contribution in [0.15, 0.2) is 51.9 Å². The molecule has 1 aliphatic heterocycles. The Morgan fingerprint density at radius 1 is 1.21 bits per heavy atom. The molecule has 0 saturated carbocycles. The van der Waals surface area contributed by atoms with Crippen molar-refractivity contribution in [2.75, 3.05) is 60.1 Å². The fourth-order valence-electron chi connectivity index (χ4n) is 3.43. The van der Waals surface area contributed by atoms with E-state index in [4.69, 9.17) is 13.9 Å². The topological polar surface area (TPSA) is 62.5 Å². The fraction of sp³-hybridized carbons (Fsp3) is 0.500. The number of hydrogen-bond donors (Lipinski definition) is 1. The quantitative estimate of drug-likeness (QED) is 0.543. The molecule has 7 nitrogen and oxygen atoms in total. The van der Waals surface area contributed by atoms with Gasteiger partial charge in [0.15, 0.2) is 5.96 Å². The van der Waals surface area contributed by atoms with Crippen molar-refractivity contribution in [1.82, 2.24) is 15.1 Å². The summed E-state index contributed by atoms with van der Waals surface area (Å²) in [5.41, 5.74) is 0. The van der Waals surface area contributed by atoms with Crippen molar-refractivity contribution in [3.63, 3.8) is 0 Å². The van der Waals surface area contributed by atoms with Gasteiger partial charge in [-0.05, 0) is 31.2 Å². The molecule has 2 aromatic rings. The summed E-state index contributed by atoms with van der Waals surface area (Å²) < 4.78 is 17.3. The SMILES string of the molecule is CN=C(NCC(c1ccc(C)o1)N1CCOCC1)N(C)CCOc1ccccc1. The molecule has 2 heterocycles. The molecule has 1 saturated heterocycles. The van der Waals surface area contributed by atoms with Gasteiger partial charge in [-0.1, -0.05) is 18.2 Å². The third kappa shape index (κ3) is 6.24. The second kappa shape index (κ2) is 10.9. The Bertz CT molecular complexity index is 756. The van der Waals surface area contributed by atoms with Crippen LogP contribution in [0, 0.1) is 6.92 Å². The average molecular weight is 401 g/mol. The number of hydrogen-bond acceptors (Lipinski definition) is 5. The largest absolute Gasteiger partial charge is 0.492 e. The van der Waals surface area contributed by atoms with Gasteiger partial charge in [-0.25, -0.2) is 0 Å². The van der Waals surface area contributed by atoms with E-state index in [0.29, 0.717) is 13.2 Å². The molecule has 1 N–H and O–H groups in total. The molecular formula is C22H32N4O3. The van der Waals surface area contributed by atoms with E-state index < -0.39 is 0 Å². The van der Waals surface area contributed by atoms with Gasteiger partial charge in [-0.3, -0.25) is 9.89 Å². The summed E-state index contributed by atoms with van der Waals surface area (Å²) in [7, 11) is 3.82. The standard InChI is InChI=1S/C22H32N4O3/c1-18-9-10-21(29-18)20(26-12-14-27-15-13-26)17-24-22(23-2)25(3)11-16-28-19-7-5-4-6-8-19/h4-10,20H,11-17H2,1-3H3,(H,23,24). The van der Waals surface area contributed by atoms with Gasteiger partial charge in [0.25, 0.3) is 0 Å². The summed E-state index contributed by atoms with van der Waals surface area (Å²) in [5.74, 6) is 3.62. The van der Waals surface area contributed by atoms with E-state index in [1.807, 2.05) is 50.4 Å². The number of morpholine rings is 1. The Hall–Kier alpha value is -2.51. The molecular weight excluding hydrogens is 368 g/mol. The molecule has 1 unspecified atom stereocenters. The van der Waals surface area contributed by atoms with E-state index >= 15 is 0 Å². The number of benzene rings is 1. The van der Waals surface area contributed by atoms with Crippen molar-refractivity contribution in [3.05, 3.63) is 54.0 Å². The van der Waals surface area contributed by atoms with Crippen LogP contribution in [-0.4, -0.2) is 75.9 Å². The smallest absolute Gasteiger partial charge is 0.193 e. The zero-order valence-corrected chi connectivity index (χ0v) is 17.6. The summed E-state index contributed by atoms with van der Waals surface area (Å²) >= 11 is 0.